The van der Waals surface area contributed by atoms with Crippen molar-refractivity contribution in [1.29, 1.82) is 0 Å². The van der Waals surface area contributed by atoms with Crippen LogP contribution >= 0.6 is 0 Å². The van der Waals surface area contributed by atoms with Crippen LogP contribution in [0.1, 0.15) is 6.92 Å². The van der Waals surface area contributed by atoms with E-state index >= 15 is 0 Å². The van der Waals surface area contributed by atoms with E-state index in [4.69, 9.17) is 0 Å². The van der Waals surface area contributed by atoms with Crippen LogP contribution in [0.25, 0.3) is 0 Å². The second-order valence-corrected chi connectivity index (χ2v) is 6.12. The summed E-state index contributed by atoms with van der Waals surface area (Å²) >= 11 is 0. The van der Waals surface area contributed by atoms with Crippen LogP contribution in [0.15, 0.2) is 59.5 Å². The number of non-ortho nitro benzene ring substituents is 1. The molecule has 0 atom stereocenters. The molecule has 0 aliphatic heterocycles. The largest absolute Gasteiger partial charge is 0.270 e. The number of hydrogen-bond donors (Lipinski definition) is 0. The standard InChI is InChI=1S/C14H14N2O4S/c1-2-15(12-7-4-3-5-8-12)21(19,20)14-10-6-9-13(11-14)16(17)18/h3-11H,2H2,1H3. The number of nitro benzene ring substituents is 1. The smallest absolute Gasteiger partial charge is 0.267 e. The number of nitro groups is 1. The Morgan fingerprint density at radius 1 is 1.10 bits per heavy atom. The van der Waals surface area contributed by atoms with Crippen LogP contribution in [0, 0.1) is 10.1 Å². The van der Waals surface area contributed by atoms with Gasteiger partial charge in [-0.3, -0.25) is 14.4 Å². The lowest BCUT2D eigenvalue weighted by atomic mass is 10.3. The zero-order valence-corrected chi connectivity index (χ0v) is 12.2. The summed E-state index contributed by atoms with van der Waals surface area (Å²) in [5, 5.41) is 10.8. The van der Waals surface area contributed by atoms with Gasteiger partial charge >= 0.3 is 0 Å². The molecular formula is C14H14N2O4S. The maximum absolute atomic E-state index is 12.6. The number of nitrogens with zero attached hydrogens (tertiary/aromatic N) is 2. The van der Waals surface area contributed by atoms with E-state index < -0.39 is 14.9 Å². The van der Waals surface area contributed by atoms with Gasteiger partial charge in [-0.2, -0.15) is 0 Å². The van der Waals surface area contributed by atoms with E-state index in [0.29, 0.717) is 5.69 Å². The van der Waals surface area contributed by atoms with Gasteiger partial charge in [-0.25, -0.2) is 8.42 Å². The average molecular weight is 306 g/mol. The number of anilines is 1. The Morgan fingerprint density at radius 2 is 1.76 bits per heavy atom. The maximum Gasteiger partial charge on any atom is 0.270 e. The molecule has 0 aliphatic carbocycles. The summed E-state index contributed by atoms with van der Waals surface area (Å²) in [6, 6.07) is 13.7. The third-order valence-electron chi connectivity index (χ3n) is 2.95. The van der Waals surface area contributed by atoms with Gasteiger partial charge in [-0.1, -0.05) is 24.3 Å². The molecule has 0 saturated carbocycles. The summed E-state index contributed by atoms with van der Waals surface area (Å²) in [6.45, 7) is 1.94. The SMILES string of the molecule is CCN(c1ccccc1)S(=O)(=O)c1cccc([N+](=O)[O-])c1. The first-order valence-corrected chi connectivity index (χ1v) is 7.73. The monoisotopic (exact) mass is 306 g/mol. The minimum Gasteiger partial charge on any atom is -0.267 e. The fourth-order valence-corrected chi connectivity index (χ4v) is 3.48. The second kappa shape index (κ2) is 5.92. The number of para-hydroxylation sites is 1. The number of hydrogen-bond acceptors (Lipinski definition) is 4. The molecule has 0 N–H and O–H groups in total. The van der Waals surface area contributed by atoms with Crippen molar-refractivity contribution in [2.45, 2.75) is 11.8 Å². The predicted octanol–water partition coefficient (Wildman–Crippen LogP) is 2.81. The maximum atomic E-state index is 12.6. The zero-order valence-electron chi connectivity index (χ0n) is 11.3. The van der Waals surface area contributed by atoms with Gasteiger partial charge in [-0.05, 0) is 25.1 Å². The second-order valence-electron chi connectivity index (χ2n) is 4.26. The van der Waals surface area contributed by atoms with E-state index in [-0.39, 0.29) is 17.1 Å². The molecule has 110 valence electrons. The van der Waals surface area contributed by atoms with Crippen molar-refractivity contribution in [3.8, 4) is 0 Å². The minimum atomic E-state index is -3.83. The van der Waals surface area contributed by atoms with Gasteiger partial charge in [0, 0.05) is 18.7 Å². The Kier molecular flexibility index (Phi) is 4.23. The Hall–Kier alpha value is -2.41. The normalized spacial score (nSPS) is 11.1. The van der Waals surface area contributed by atoms with Gasteiger partial charge in [-0.15, -0.1) is 0 Å². The van der Waals surface area contributed by atoms with E-state index in [1.807, 2.05) is 0 Å². The highest BCUT2D eigenvalue weighted by molar-refractivity contribution is 7.92. The predicted molar refractivity (Wildman–Crippen MR) is 79.7 cm³/mol. The molecule has 0 unspecified atom stereocenters. The molecule has 0 fully saturated rings. The van der Waals surface area contributed by atoms with Crippen molar-refractivity contribution in [1.82, 2.24) is 0 Å². The topological polar surface area (TPSA) is 80.5 Å². The molecule has 0 amide bonds. The lowest BCUT2D eigenvalue weighted by molar-refractivity contribution is -0.385. The Morgan fingerprint density at radius 3 is 2.33 bits per heavy atom. The molecular weight excluding hydrogens is 292 g/mol. The Labute approximate surface area is 122 Å². The summed E-state index contributed by atoms with van der Waals surface area (Å²) in [5.74, 6) is 0. The van der Waals surface area contributed by atoms with Crippen LogP contribution in [-0.4, -0.2) is 19.9 Å². The lowest BCUT2D eigenvalue weighted by Crippen LogP contribution is -2.30. The highest BCUT2D eigenvalue weighted by Crippen LogP contribution is 2.25. The molecule has 0 radical (unpaired) electrons. The minimum absolute atomic E-state index is 0.0950. The van der Waals surface area contributed by atoms with Gasteiger partial charge in [0.1, 0.15) is 0 Å². The van der Waals surface area contributed by atoms with Crippen LogP contribution in [0.3, 0.4) is 0 Å². The average Bonchev–Trinajstić information content (AvgIpc) is 2.49. The van der Waals surface area contributed by atoms with Gasteiger partial charge in [0.25, 0.3) is 15.7 Å². The van der Waals surface area contributed by atoms with E-state index in [9.17, 15) is 18.5 Å². The summed E-state index contributed by atoms with van der Waals surface area (Å²) < 4.78 is 26.5. The van der Waals surface area contributed by atoms with Crippen LogP contribution in [-0.2, 0) is 10.0 Å². The molecule has 0 aliphatic rings. The lowest BCUT2D eigenvalue weighted by Gasteiger charge is -2.22. The molecule has 6 nitrogen and oxygen atoms in total. The van der Waals surface area contributed by atoms with Crippen molar-refractivity contribution >= 4 is 21.4 Å². The van der Waals surface area contributed by atoms with Gasteiger partial charge < -0.3 is 0 Å². The third kappa shape index (κ3) is 3.03. The molecule has 2 aromatic rings. The number of benzene rings is 2. The molecule has 21 heavy (non-hydrogen) atoms. The van der Waals surface area contributed by atoms with E-state index in [2.05, 4.69) is 0 Å². The highest BCUT2D eigenvalue weighted by atomic mass is 32.2. The van der Waals surface area contributed by atoms with Crippen molar-refractivity contribution < 1.29 is 13.3 Å². The van der Waals surface area contributed by atoms with Crippen molar-refractivity contribution in [3.63, 3.8) is 0 Å². The van der Waals surface area contributed by atoms with Crippen molar-refractivity contribution in [2.24, 2.45) is 0 Å². The molecule has 0 spiro atoms. The molecule has 0 heterocycles. The molecule has 2 rings (SSSR count). The van der Waals surface area contributed by atoms with Gasteiger partial charge in [0.2, 0.25) is 0 Å². The van der Waals surface area contributed by atoms with Gasteiger partial charge in [0.15, 0.2) is 0 Å². The van der Waals surface area contributed by atoms with E-state index in [1.54, 1.807) is 37.3 Å². The number of rotatable bonds is 5. The van der Waals surface area contributed by atoms with Crippen LogP contribution < -0.4 is 4.31 Å². The fraction of sp³-hybridized carbons (Fsp3) is 0.143. The first kappa shape index (κ1) is 15.0. The number of sulfonamides is 1. The summed E-state index contributed by atoms with van der Waals surface area (Å²) in [6.07, 6.45) is 0. The first-order chi connectivity index (χ1) is 9.96. The molecule has 2 aromatic carbocycles. The van der Waals surface area contributed by atoms with E-state index in [1.165, 1.54) is 22.5 Å². The summed E-state index contributed by atoms with van der Waals surface area (Å²) in [4.78, 5) is 10.1. The molecule has 0 aromatic heterocycles. The molecule has 0 bridgehead atoms. The zero-order chi connectivity index (χ0) is 15.5. The van der Waals surface area contributed by atoms with Crippen molar-refractivity contribution in [3.05, 3.63) is 64.7 Å². The van der Waals surface area contributed by atoms with Crippen LogP contribution in [0.2, 0.25) is 0 Å². The molecule has 0 saturated heterocycles. The van der Waals surface area contributed by atoms with Gasteiger partial charge in [0.05, 0.1) is 15.5 Å². The van der Waals surface area contributed by atoms with Crippen molar-refractivity contribution in [2.75, 3.05) is 10.8 Å². The van der Waals surface area contributed by atoms with Crippen LogP contribution in [0.5, 0.6) is 0 Å². The van der Waals surface area contributed by atoms with E-state index in [0.717, 1.165) is 6.07 Å². The summed E-state index contributed by atoms with van der Waals surface area (Å²) in [7, 11) is -3.83. The first-order valence-electron chi connectivity index (χ1n) is 6.29. The third-order valence-corrected chi connectivity index (χ3v) is 4.85. The quantitative estimate of drug-likeness (QED) is 0.628. The molecule has 7 heteroatoms. The highest BCUT2D eigenvalue weighted by Gasteiger charge is 2.25. The van der Waals surface area contributed by atoms with Crippen LogP contribution in [0.4, 0.5) is 11.4 Å². The fourth-order valence-electron chi connectivity index (χ4n) is 1.97. The summed E-state index contributed by atoms with van der Waals surface area (Å²) in [5.41, 5.74) is 0.270. The Balaban J connectivity index is 2.50. The Bertz CT molecular complexity index is 745.